The van der Waals surface area contributed by atoms with Crippen LogP contribution in [0.4, 0.5) is 0 Å². The molecule has 0 radical (unpaired) electrons. The van der Waals surface area contributed by atoms with Gasteiger partial charge in [0.25, 0.3) is 5.91 Å². The molecule has 0 fully saturated rings. The van der Waals surface area contributed by atoms with Crippen LogP contribution in [-0.2, 0) is 19.4 Å². The average molecular weight is 354 g/mol. The van der Waals surface area contributed by atoms with Crippen LogP contribution >= 0.6 is 23.2 Å². The van der Waals surface area contributed by atoms with E-state index >= 15 is 0 Å². The van der Waals surface area contributed by atoms with Crippen molar-refractivity contribution in [3.8, 4) is 0 Å². The number of fused-ring (bicyclic) bond motifs is 1. The summed E-state index contributed by atoms with van der Waals surface area (Å²) in [5.74, 6) is 1.75. The van der Waals surface area contributed by atoms with E-state index in [9.17, 15) is 4.79 Å². The number of pyridine rings is 1. The van der Waals surface area contributed by atoms with Gasteiger partial charge in [-0.3, -0.25) is 4.79 Å². The van der Waals surface area contributed by atoms with Gasteiger partial charge in [-0.2, -0.15) is 0 Å². The fraction of sp³-hybridized carbons (Fsp3) is 0.467. The van der Waals surface area contributed by atoms with Crippen molar-refractivity contribution in [3.63, 3.8) is 0 Å². The summed E-state index contributed by atoms with van der Waals surface area (Å²) in [5, 5.41) is 11.7. The molecule has 2 aromatic heterocycles. The molecule has 1 N–H and O–H groups in total. The minimum absolute atomic E-state index is 0.199. The first-order valence-corrected chi connectivity index (χ1v) is 8.41. The van der Waals surface area contributed by atoms with Gasteiger partial charge in [0.05, 0.1) is 0 Å². The van der Waals surface area contributed by atoms with Gasteiger partial charge in [0.1, 0.15) is 22.0 Å². The number of aromatic nitrogens is 4. The number of nitrogens with zero attached hydrogens (tertiary/aromatic N) is 4. The van der Waals surface area contributed by atoms with Crippen molar-refractivity contribution >= 4 is 29.1 Å². The van der Waals surface area contributed by atoms with Crippen LogP contribution < -0.4 is 5.32 Å². The van der Waals surface area contributed by atoms with E-state index in [0.717, 1.165) is 31.0 Å². The summed E-state index contributed by atoms with van der Waals surface area (Å²) in [4.78, 5) is 15.9. The van der Waals surface area contributed by atoms with Crippen LogP contribution in [0.25, 0.3) is 0 Å². The number of aryl methyl sites for hydroxylation is 1. The summed E-state index contributed by atoms with van der Waals surface area (Å²) < 4.78 is 2.18. The number of carbonyl (C=O) groups is 1. The third-order valence-corrected chi connectivity index (χ3v) is 4.23. The predicted molar refractivity (Wildman–Crippen MR) is 87.9 cm³/mol. The van der Waals surface area contributed by atoms with E-state index in [4.69, 9.17) is 23.2 Å². The van der Waals surface area contributed by atoms with Crippen molar-refractivity contribution in [2.75, 3.05) is 6.54 Å². The highest BCUT2D eigenvalue weighted by atomic mass is 35.5. The SMILES string of the molecule is O=C(NCCc1nnc2n1CCCCC2)c1cc(Cl)nc(Cl)c1. The number of carbonyl (C=O) groups excluding carboxylic acids is 1. The summed E-state index contributed by atoms with van der Waals surface area (Å²) in [7, 11) is 0. The Balaban J connectivity index is 1.59. The van der Waals surface area contributed by atoms with Gasteiger partial charge >= 0.3 is 0 Å². The lowest BCUT2D eigenvalue weighted by atomic mass is 10.2. The summed E-state index contributed by atoms with van der Waals surface area (Å²) in [6, 6.07) is 2.98. The average Bonchev–Trinajstić information content (AvgIpc) is 2.74. The minimum atomic E-state index is -0.230. The predicted octanol–water partition coefficient (Wildman–Crippen LogP) is 2.68. The Hall–Kier alpha value is -1.66. The Morgan fingerprint density at radius 2 is 1.96 bits per heavy atom. The largest absolute Gasteiger partial charge is 0.352 e. The molecule has 122 valence electrons. The molecule has 6 nitrogen and oxygen atoms in total. The molecule has 0 bridgehead atoms. The topological polar surface area (TPSA) is 72.7 Å². The smallest absolute Gasteiger partial charge is 0.251 e. The van der Waals surface area contributed by atoms with E-state index in [1.54, 1.807) is 0 Å². The van der Waals surface area contributed by atoms with Crippen LogP contribution in [0.2, 0.25) is 10.3 Å². The molecule has 8 heteroatoms. The zero-order chi connectivity index (χ0) is 16.2. The quantitative estimate of drug-likeness (QED) is 0.857. The van der Waals surface area contributed by atoms with Crippen LogP contribution in [0.3, 0.4) is 0 Å². The highest BCUT2D eigenvalue weighted by Crippen LogP contribution is 2.15. The molecule has 0 saturated heterocycles. The van der Waals surface area contributed by atoms with Gasteiger partial charge in [-0.1, -0.05) is 29.6 Å². The Morgan fingerprint density at radius 3 is 2.74 bits per heavy atom. The van der Waals surface area contributed by atoms with Crippen LogP contribution in [0.15, 0.2) is 12.1 Å². The van der Waals surface area contributed by atoms with Crippen molar-refractivity contribution in [2.45, 2.75) is 38.6 Å². The lowest BCUT2D eigenvalue weighted by molar-refractivity contribution is 0.0953. The lowest BCUT2D eigenvalue weighted by Crippen LogP contribution is -2.26. The number of rotatable bonds is 4. The van der Waals surface area contributed by atoms with Crippen molar-refractivity contribution in [1.82, 2.24) is 25.1 Å². The summed E-state index contributed by atoms with van der Waals surface area (Å²) in [6.07, 6.45) is 5.17. The summed E-state index contributed by atoms with van der Waals surface area (Å²) in [5.41, 5.74) is 0.398. The van der Waals surface area contributed by atoms with Gasteiger partial charge in [0, 0.05) is 31.5 Å². The molecule has 0 saturated carbocycles. The molecule has 3 heterocycles. The van der Waals surface area contributed by atoms with E-state index in [1.165, 1.54) is 25.0 Å². The van der Waals surface area contributed by atoms with Crippen molar-refractivity contribution in [2.24, 2.45) is 0 Å². The van der Waals surface area contributed by atoms with Gasteiger partial charge in [-0.15, -0.1) is 10.2 Å². The summed E-state index contributed by atoms with van der Waals surface area (Å²) >= 11 is 11.6. The summed E-state index contributed by atoms with van der Waals surface area (Å²) in [6.45, 7) is 1.44. The first-order valence-electron chi connectivity index (χ1n) is 7.66. The van der Waals surface area contributed by atoms with Crippen LogP contribution in [-0.4, -0.2) is 32.2 Å². The van der Waals surface area contributed by atoms with Crippen LogP contribution in [0, 0.1) is 0 Å². The van der Waals surface area contributed by atoms with Gasteiger partial charge in [-0.05, 0) is 25.0 Å². The molecule has 3 rings (SSSR count). The fourth-order valence-corrected chi connectivity index (χ4v) is 3.18. The molecule has 0 atom stereocenters. The molecular formula is C15H17Cl2N5O. The van der Waals surface area contributed by atoms with E-state index in [-0.39, 0.29) is 16.2 Å². The zero-order valence-corrected chi connectivity index (χ0v) is 14.1. The van der Waals surface area contributed by atoms with Gasteiger partial charge in [-0.25, -0.2) is 4.98 Å². The van der Waals surface area contributed by atoms with Crippen molar-refractivity contribution in [1.29, 1.82) is 0 Å². The number of halogens is 2. The van der Waals surface area contributed by atoms with Crippen molar-refractivity contribution in [3.05, 3.63) is 39.7 Å². The normalized spacial score (nSPS) is 14.2. The van der Waals surface area contributed by atoms with Gasteiger partial charge < -0.3 is 9.88 Å². The van der Waals surface area contributed by atoms with E-state index < -0.39 is 0 Å². The Bertz CT molecular complexity index is 696. The number of hydrogen-bond acceptors (Lipinski definition) is 4. The maximum absolute atomic E-state index is 12.1. The first kappa shape index (κ1) is 16.2. The minimum Gasteiger partial charge on any atom is -0.352 e. The molecule has 1 aliphatic heterocycles. The maximum atomic E-state index is 12.1. The van der Waals surface area contributed by atoms with Crippen LogP contribution in [0.1, 0.15) is 41.3 Å². The Labute approximate surface area is 144 Å². The van der Waals surface area contributed by atoms with Crippen molar-refractivity contribution < 1.29 is 4.79 Å². The third kappa shape index (κ3) is 4.00. The molecule has 0 aliphatic carbocycles. The second-order valence-corrected chi connectivity index (χ2v) is 6.28. The highest BCUT2D eigenvalue weighted by Gasteiger charge is 2.15. The zero-order valence-electron chi connectivity index (χ0n) is 12.6. The second-order valence-electron chi connectivity index (χ2n) is 5.50. The van der Waals surface area contributed by atoms with Crippen LogP contribution in [0.5, 0.6) is 0 Å². The molecule has 1 amide bonds. The number of amides is 1. The first-order chi connectivity index (χ1) is 11.1. The van der Waals surface area contributed by atoms with Gasteiger partial charge in [0.15, 0.2) is 0 Å². The Morgan fingerprint density at radius 1 is 1.17 bits per heavy atom. The molecular weight excluding hydrogens is 337 g/mol. The van der Waals surface area contributed by atoms with E-state index in [2.05, 4.69) is 25.1 Å². The fourth-order valence-electron chi connectivity index (χ4n) is 2.72. The second kappa shape index (κ2) is 7.27. The maximum Gasteiger partial charge on any atom is 0.251 e. The number of nitrogens with one attached hydrogen (secondary N) is 1. The molecule has 1 aliphatic rings. The third-order valence-electron chi connectivity index (χ3n) is 3.85. The standard InChI is InChI=1S/C15H17Cl2N5O/c16-11-8-10(9-12(17)19-11)15(23)18-6-5-14-21-20-13-4-2-1-3-7-22(13)14/h8-9H,1-7H2,(H,18,23). The monoisotopic (exact) mass is 353 g/mol. The Kier molecular flexibility index (Phi) is 5.13. The van der Waals surface area contributed by atoms with Gasteiger partial charge in [0.2, 0.25) is 0 Å². The number of hydrogen-bond donors (Lipinski definition) is 1. The molecule has 0 unspecified atom stereocenters. The van der Waals surface area contributed by atoms with E-state index in [1.807, 2.05) is 0 Å². The van der Waals surface area contributed by atoms with E-state index in [0.29, 0.717) is 18.5 Å². The molecule has 0 spiro atoms. The molecule has 2 aromatic rings. The molecule has 23 heavy (non-hydrogen) atoms. The highest BCUT2D eigenvalue weighted by molar-refractivity contribution is 6.33. The lowest BCUT2D eigenvalue weighted by Gasteiger charge is -2.08. The molecule has 0 aromatic carbocycles.